The maximum Gasteiger partial charge on any atom is 0.224 e. The maximum atomic E-state index is 12.1. The van der Waals surface area contributed by atoms with Crippen LogP contribution in [0.2, 0.25) is 0 Å². The fourth-order valence-corrected chi connectivity index (χ4v) is 2.79. The Morgan fingerprint density at radius 3 is 2.41 bits per heavy atom. The molecule has 0 bridgehead atoms. The fraction of sp³-hybridized carbons (Fsp3) is 0.533. The van der Waals surface area contributed by atoms with Crippen LogP contribution >= 0.6 is 0 Å². The molecule has 2 heteroatoms. The van der Waals surface area contributed by atoms with E-state index in [1.807, 2.05) is 6.07 Å². The van der Waals surface area contributed by atoms with Crippen LogP contribution in [-0.4, -0.2) is 5.91 Å². The van der Waals surface area contributed by atoms with Gasteiger partial charge in [0, 0.05) is 5.92 Å². The van der Waals surface area contributed by atoms with Crippen molar-refractivity contribution in [1.82, 2.24) is 5.32 Å². The van der Waals surface area contributed by atoms with Crippen molar-refractivity contribution < 1.29 is 4.79 Å². The number of nitrogens with one attached hydrogen (secondary N) is 1. The quantitative estimate of drug-likeness (QED) is 0.848. The van der Waals surface area contributed by atoms with Crippen LogP contribution in [-0.2, 0) is 10.3 Å². The Hall–Kier alpha value is -1.31. The van der Waals surface area contributed by atoms with E-state index in [0.717, 1.165) is 19.3 Å². The smallest absolute Gasteiger partial charge is 0.224 e. The minimum Gasteiger partial charge on any atom is -0.346 e. The van der Waals surface area contributed by atoms with Gasteiger partial charge >= 0.3 is 0 Å². The van der Waals surface area contributed by atoms with Crippen molar-refractivity contribution in [3.63, 3.8) is 0 Å². The van der Waals surface area contributed by atoms with E-state index in [1.54, 1.807) is 0 Å². The summed E-state index contributed by atoms with van der Waals surface area (Å²) >= 11 is 0. The van der Waals surface area contributed by atoms with Gasteiger partial charge in [-0.3, -0.25) is 4.79 Å². The maximum absolute atomic E-state index is 12.1. The van der Waals surface area contributed by atoms with Gasteiger partial charge in [-0.25, -0.2) is 0 Å². The molecule has 0 radical (unpaired) electrons. The van der Waals surface area contributed by atoms with E-state index in [9.17, 15) is 4.79 Å². The zero-order valence-electron chi connectivity index (χ0n) is 10.3. The van der Waals surface area contributed by atoms with E-state index in [4.69, 9.17) is 0 Å². The summed E-state index contributed by atoms with van der Waals surface area (Å²) in [6, 6.07) is 10.4. The highest BCUT2D eigenvalue weighted by Crippen LogP contribution is 2.44. The van der Waals surface area contributed by atoms with Crippen molar-refractivity contribution in [2.45, 2.75) is 38.1 Å². The molecular formula is C15H19NO. The van der Waals surface area contributed by atoms with Gasteiger partial charge in [-0.1, -0.05) is 37.3 Å². The Morgan fingerprint density at radius 2 is 1.94 bits per heavy atom. The van der Waals surface area contributed by atoms with Crippen molar-refractivity contribution in [1.29, 1.82) is 0 Å². The Labute approximate surface area is 102 Å². The Morgan fingerprint density at radius 1 is 1.29 bits per heavy atom. The molecule has 0 spiro atoms. The molecule has 2 unspecified atom stereocenters. The Kier molecular flexibility index (Phi) is 2.46. The first-order valence-corrected chi connectivity index (χ1v) is 6.59. The predicted octanol–water partition coefficient (Wildman–Crippen LogP) is 2.84. The molecule has 90 valence electrons. The number of hydrogen-bond donors (Lipinski definition) is 1. The lowest BCUT2D eigenvalue weighted by Gasteiger charge is -2.43. The fourth-order valence-electron chi connectivity index (χ4n) is 2.79. The molecule has 2 fully saturated rings. The average Bonchev–Trinajstić information content (AvgIpc) is 3.02. The third kappa shape index (κ3) is 1.86. The van der Waals surface area contributed by atoms with E-state index in [1.165, 1.54) is 12.0 Å². The average molecular weight is 229 g/mol. The van der Waals surface area contributed by atoms with Gasteiger partial charge < -0.3 is 5.32 Å². The summed E-state index contributed by atoms with van der Waals surface area (Å²) < 4.78 is 0. The summed E-state index contributed by atoms with van der Waals surface area (Å²) in [4.78, 5) is 12.1. The molecule has 1 N–H and O–H groups in total. The molecule has 0 aromatic heterocycles. The molecule has 17 heavy (non-hydrogen) atoms. The second kappa shape index (κ2) is 3.86. The molecule has 2 atom stereocenters. The lowest BCUT2D eigenvalue weighted by Crippen LogP contribution is -2.51. The summed E-state index contributed by atoms with van der Waals surface area (Å²) in [5, 5.41) is 3.30. The van der Waals surface area contributed by atoms with Crippen molar-refractivity contribution in [2.75, 3.05) is 0 Å². The Balaban J connectivity index is 1.76. The van der Waals surface area contributed by atoms with Crippen LogP contribution in [0.5, 0.6) is 0 Å². The molecule has 2 nitrogen and oxygen atoms in total. The number of carbonyl (C=O) groups excluding carboxylic acids is 1. The number of carbonyl (C=O) groups is 1. The van der Waals surface area contributed by atoms with Crippen LogP contribution in [0.1, 0.15) is 38.2 Å². The van der Waals surface area contributed by atoms with Crippen LogP contribution in [0, 0.1) is 11.8 Å². The minimum absolute atomic E-state index is 0.0549. The van der Waals surface area contributed by atoms with Gasteiger partial charge in [0.15, 0.2) is 0 Å². The van der Waals surface area contributed by atoms with E-state index >= 15 is 0 Å². The zero-order valence-corrected chi connectivity index (χ0v) is 10.3. The van der Waals surface area contributed by atoms with Crippen molar-refractivity contribution in [3.8, 4) is 0 Å². The molecule has 1 aromatic rings. The van der Waals surface area contributed by atoms with Crippen LogP contribution in [0.25, 0.3) is 0 Å². The number of amides is 1. The molecule has 2 aliphatic rings. The molecule has 0 heterocycles. The summed E-state index contributed by atoms with van der Waals surface area (Å²) in [5.74, 6) is 1.13. The molecule has 2 saturated carbocycles. The van der Waals surface area contributed by atoms with Crippen LogP contribution in [0.3, 0.4) is 0 Å². The Bertz CT molecular complexity index is 422. The van der Waals surface area contributed by atoms with Gasteiger partial charge in [0.2, 0.25) is 5.91 Å². The minimum atomic E-state index is -0.0549. The summed E-state index contributed by atoms with van der Waals surface area (Å²) in [6.07, 6.45) is 4.46. The van der Waals surface area contributed by atoms with Crippen molar-refractivity contribution in [3.05, 3.63) is 35.9 Å². The first kappa shape index (κ1) is 10.8. The van der Waals surface area contributed by atoms with Crippen molar-refractivity contribution in [2.24, 2.45) is 11.8 Å². The SMILES string of the molecule is CC1CC1C(=O)NC1(c2ccccc2)CCC1. The van der Waals surface area contributed by atoms with Crippen molar-refractivity contribution >= 4 is 5.91 Å². The monoisotopic (exact) mass is 229 g/mol. The molecule has 0 aliphatic heterocycles. The topological polar surface area (TPSA) is 29.1 Å². The first-order chi connectivity index (χ1) is 8.21. The van der Waals surface area contributed by atoms with Crippen LogP contribution in [0.4, 0.5) is 0 Å². The molecular weight excluding hydrogens is 210 g/mol. The van der Waals surface area contributed by atoms with E-state index in [0.29, 0.717) is 5.92 Å². The van der Waals surface area contributed by atoms with Crippen LogP contribution < -0.4 is 5.32 Å². The molecule has 0 saturated heterocycles. The van der Waals surface area contributed by atoms with Gasteiger partial charge in [0.05, 0.1) is 5.54 Å². The number of benzene rings is 1. The molecule has 1 aromatic carbocycles. The highest BCUT2D eigenvalue weighted by Gasteiger charge is 2.45. The van der Waals surface area contributed by atoms with Gasteiger partial charge in [-0.15, -0.1) is 0 Å². The van der Waals surface area contributed by atoms with E-state index in [-0.39, 0.29) is 17.4 Å². The van der Waals surface area contributed by atoms with Gasteiger partial charge in [0.25, 0.3) is 0 Å². The lowest BCUT2D eigenvalue weighted by atomic mass is 9.71. The largest absolute Gasteiger partial charge is 0.346 e. The van der Waals surface area contributed by atoms with Gasteiger partial charge in [-0.05, 0) is 37.2 Å². The highest BCUT2D eigenvalue weighted by molar-refractivity contribution is 5.82. The van der Waals surface area contributed by atoms with Gasteiger partial charge in [0.1, 0.15) is 0 Å². The second-order valence-electron chi connectivity index (χ2n) is 5.61. The van der Waals surface area contributed by atoms with Crippen LogP contribution in [0.15, 0.2) is 30.3 Å². The highest BCUT2D eigenvalue weighted by atomic mass is 16.2. The number of hydrogen-bond acceptors (Lipinski definition) is 1. The standard InChI is InChI=1S/C15H19NO/c1-11-10-13(11)14(17)16-15(8-5-9-15)12-6-3-2-4-7-12/h2-4,6-7,11,13H,5,8-10H2,1H3,(H,16,17). The number of rotatable bonds is 3. The summed E-state index contributed by atoms with van der Waals surface area (Å²) in [6.45, 7) is 2.15. The van der Waals surface area contributed by atoms with E-state index < -0.39 is 0 Å². The third-order valence-corrected chi connectivity index (χ3v) is 4.34. The predicted molar refractivity (Wildman–Crippen MR) is 67.4 cm³/mol. The molecule has 2 aliphatic carbocycles. The second-order valence-corrected chi connectivity index (χ2v) is 5.61. The summed E-state index contributed by atoms with van der Waals surface area (Å²) in [5.41, 5.74) is 1.22. The van der Waals surface area contributed by atoms with Gasteiger partial charge in [-0.2, -0.15) is 0 Å². The lowest BCUT2D eigenvalue weighted by molar-refractivity contribution is -0.125. The molecule has 1 amide bonds. The zero-order chi connectivity index (χ0) is 11.9. The summed E-state index contributed by atoms with van der Waals surface area (Å²) in [7, 11) is 0. The first-order valence-electron chi connectivity index (χ1n) is 6.59. The normalized spacial score (nSPS) is 29.2. The van der Waals surface area contributed by atoms with E-state index in [2.05, 4.69) is 36.5 Å². The third-order valence-electron chi connectivity index (χ3n) is 4.34. The molecule has 3 rings (SSSR count).